The summed E-state index contributed by atoms with van der Waals surface area (Å²) >= 11 is 7.58. The van der Waals surface area contributed by atoms with Crippen molar-refractivity contribution in [1.29, 1.82) is 0 Å². The Morgan fingerprint density at radius 3 is 2.72 bits per heavy atom. The van der Waals surface area contributed by atoms with Crippen LogP contribution in [0.5, 0.6) is 5.75 Å². The van der Waals surface area contributed by atoms with Crippen LogP contribution in [0.4, 0.5) is 11.4 Å². The molecule has 128 valence electrons. The predicted octanol–water partition coefficient (Wildman–Crippen LogP) is 5.03. The Labute approximate surface area is 152 Å². The lowest BCUT2D eigenvalue weighted by Crippen LogP contribution is -2.11. The number of carbonyl (C=O) groups is 1. The van der Waals surface area contributed by atoms with Gasteiger partial charge in [-0.25, -0.2) is 0 Å². The van der Waals surface area contributed by atoms with Gasteiger partial charge in [-0.3, -0.25) is 14.9 Å². The van der Waals surface area contributed by atoms with Crippen LogP contribution in [0.3, 0.4) is 0 Å². The highest BCUT2D eigenvalue weighted by Crippen LogP contribution is 2.37. The molecule has 0 fully saturated rings. The summed E-state index contributed by atoms with van der Waals surface area (Å²) in [5.41, 5.74) is 1.01. The van der Waals surface area contributed by atoms with Gasteiger partial charge >= 0.3 is 0 Å². The number of amides is 1. The maximum Gasteiger partial charge on any atom is 0.271 e. The van der Waals surface area contributed by atoms with Crippen molar-refractivity contribution in [2.75, 3.05) is 12.4 Å². The summed E-state index contributed by atoms with van der Waals surface area (Å²) in [4.78, 5) is 23.4. The quantitative estimate of drug-likeness (QED) is 0.511. The van der Waals surface area contributed by atoms with Crippen molar-refractivity contribution < 1.29 is 14.5 Å². The Kier molecular flexibility index (Phi) is 4.61. The molecule has 0 unspecified atom stereocenters. The summed E-state index contributed by atoms with van der Waals surface area (Å²) in [6, 6.07) is 9.68. The minimum Gasteiger partial charge on any atom is -0.497 e. The van der Waals surface area contributed by atoms with Gasteiger partial charge in [0, 0.05) is 22.2 Å². The van der Waals surface area contributed by atoms with Crippen molar-refractivity contribution in [3.05, 3.63) is 62.0 Å². The second-order valence-electron chi connectivity index (χ2n) is 5.32. The van der Waals surface area contributed by atoms with E-state index in [1.807, 2.05) is 0 Å². The standard InChI is InChI=1S/C17H13ClN2O4S/c1-9-3-4-10(20(22)23)7-13(9)19-17(21)16-15(18)12-6-5-11(24-2)8-14(12)25-16/h3-8H,1-2H3,(H,19,21). The van der Waals surface area contributed by atoms with Gasteiger partial charge in [-0.1, -0.05) is 17.7 Å². The van der Waals surface area contributed by atoms with Crippen molar-refractivity contribution in [2.45, 2.75) is 6.92 Å². The molecule has 8 heteroatoms. The highest BCUT2D eigenvalue weighted by Gasteiger charge is 2.19. The lowest BCUT2D eigenvalue weighted by molar-refractivity contribution is -0.384. The Morgan fingerprint density at radius 2 is 2.04 bits per heavy atom. The van der Waals surface area contributed by atoms with E-state index in [1.165, 1.54) is 23.5 Å². The zero-order chi connectivity index (χ0) is 18.1. The molecular formula is C17H13ClN2O4S. The number of anilines is 1. The maximum atomic E-state index is 12.6. The number of aryl methyl sites for hydroxylation is 1. The van der Waals surface area contributed by atoms with Gasteiger partial charge in [0.25, 0.3) is 11.6 Å². The molecule has 1 aromatic heterocycles. The van der Waals surface area contributed by atoms with Crippen LogP contribution in [-0.4, -0.2) is 17.9 Å². The molecule has 0 aliphatic rings. The molecule has 3 rings (SSSR count). The molecule has 6 nitrogen and oxygen atoms in total. The van der Waals surface area contributed by atoms with Crippen LogP contribution in [0.2, 0.25) is 5.02 Å². The highest BCUT2D eigenvalue weighted by molar-refractivity contribution is 7.21. The zero-order valence-electron chi connectivity index (χ0n) is 13.3. The minimum absolute atomic E-state index is 0.0897. The molecule has 0 aliphatic heterocycles. The summed E-state index contributed by atoms with van der Waals surface area (Å²) in [7, 11) is 1.56. The lowest BCUT2D eigenvalue weighted by Gasteiger charge is -2.07. The fraction of sp³-hybridized carbons (Fsp3) is 0.118. The van der Waals surface area contributed by atoms with Crippen LogP contribution in [0.1, 0.15) is 15.2 Å². The molecule has 0 atom stereocenters. The van der Waals surface area contributed by atoms with E-state index in [1.54, 1.807) is 38.3 Å². The second kappa shape index (κ2) is 6.70. The number of nitrogens with one attached hydrogen (secondary N) is 1. The molecule has 25 heavy (non-hydrogen) atoms. The van der Waals surface area contributed by atoms with Crippen molar-refractivity contribution in [3.8, 4) is 5.75 Å². The first kappa shape index (κ1) is 17.2. The molecule has 0 saturated carbocycles. The van der Waals surface area contributed by atoms with E-state index >= 15 is 0 Å². The SMILES string of the molecule is COc1ccc2c(Cl)c(C(=O)Nc3cc([N+](=O)[O-])ccc3C)sc2c1. The Bertz CT molecular complexity index is 1000. The largest absolute Gasteiger partial charge is 0.497 e. The molecule has 0 spiro atoms. The van der Waals surface area contributed by atoms with E-state index in [-0.39, 0.29) is 5.69 Å². The number of rotatable bonds is 4. The molecular weight excluding hydrogens is 364 g/mol. The number of carbonyl (C=O) groups excluding carboxylic acids is 1. The molecule has 0 radical (unpaired) electrons. The molecule has 1 heterocycles. The van der Waals surface area contributed by atoms with Crippen LogP contribution in [-0.2, 0) is 0 Å². The molecule has 2 aromatic carbocycles. The number of thiophene rings is 1. The van der Waals surface area contributed by atoms with Crippen LogP contribution >= 0.6 is 22.9 Å². The first-order chi connectivity index (χ1) is 11.9. The van der Waals surface area contributed by atoms with Gasteiger partial charge in [0.15, 0.2) is 0 Å². The Balaban J connectivity index is 1.96. The summed E-state index contributed by atoms with van der Waals surface area (Å²) in [6.45, 7) is 1.76. The van der Waals surface area contributed by atoms with Gasteiger partial charge in [0.2, 0.25) is 0 Å². The van der Waals surface area contributed by atoms with Crippen molar-refractivity contribution in [2.24, 2.45) is 0 Å². The second-order valence-corrected chi connectivity index (χ2v) is 6.75. The number of hydrogen-bond acceptors (Lipinski definition) is 5. The van der Waals surface area contributed by atoms with Crippen molar-refractivity contribution in [3.63, 3.8) is 0 Å². The summed E-state index contributed by atoms with van der Waals surface area (Å²) in [6.07, 6.45) is 0. The average molecular weight is 377 g/mol. The van der Waals surface area contributed by atoms with Gasteiger partial charge in [0.1, 0.15) is 10.6 Å². The maximum absolute atomic E-state index is 12.6. The van der Waals surface area contributed by atoms with Gasteiger partial charge in [0.05, 0.1) is 22.7 Å². The monoisotopic (exact) mass is 376 g/mol. The van der Waals surface area contributed by atoms with Crippen LogP contribution < -0.4 is 10.1 Å². The van der Waals surface area contributed by atoms with Gasteiger partial charge < -0.3 is 10.1 Å². The normalized spacial score (nSPS) is 10.7. The predicted molar refractivity (Wildman–Crippen MR) is 99.2 cm³/mol. The van der Waals surface area contributed by atoms with E-state index in [4.69, 9.17) is 16.3 Å². The van der Waals surface area contributed by atoms with Gasteiger partial charge in [-0.15, -0.1) is 11.3 Å². The number of non-ortho nitro benzene ring substituents is 1. The third-order valence-corrected chi connectivity index (χ3v) is 5.38. The van der Waals surface area contributed by atoms with Gasteiger partial charge in [-0.2, -0.15) is 0 Å². The topological polar surface area (TPSA) is 81.5 Å². The number of methoxy groups -OCH3 is 1. The number of nitro groups is 1. The molecule has 0 saturated heterocycles. The van der Waals surface area contributed by atoms with Gasteiger partial charge in [-0.05, 0) is 30.7 Å². The van der Waals surface area contributed by atoms with E-state index < -0.39 is 10.8 Å². The average Bonchev–Trinajstić information content (AvgIpc) is 2.92. The molecule has 0 aliphatic carbocycles. The summed E-state index contributed by atoms with van der Waals surface area (Å²) in [5.74, 6) is 0.265. The first-order valence-corrected chi connectivity index (χ1v) is 8.42. The number of nitrogens with zero attached hydrogens (tertiary/aromatic N) is 1. The van der Waals surface area contributed by atoms with Crippen LogP contribution in [0.25, 0.3) is 10.1 Å². The number of halogens is 1. The lowest BCUT2D eigenvalue weighted by atomic mass is 10.1. The molecule has 3 aromatic rings. The Morgan fingerprint density at radius 1 is 1.28 bits per heavy atom. The minimum atomic E-state index is -0.506. The van der Waals surface area contributed by atoms with Crippen LogP contribution in [0.15, 0.2) is 36.4 Å². The fourth-order valence-electron chi connectivity index (χ4n) is 2.36. The van der Waals surface area contributed by atoms with E-state index in [0.29, 0.717) is 21.3 Å². The number of hydrogen-bond donors (Lipinski definition) is 1. The number of benzene rings is 2. The third-order valence-electron chi connectivity index (χ3n) is 3.72. The first-order valence-electron chi connectivity index (χ1n) is 7.23. The number of nitro benzene ring substituents is 1. The fourth-order valence-corrected chi connectivity index (χ4v) is 3.80. The molecule has 1 N–H and O–H groups in total. The molecule has 0 bridgehead atoms. The smallest absolute Gasteiger partial charge is 0.271 e. The van der Waals surface area contributed by atoms with E-state index in [2.05, 4.69) is 5.32 Å². The van der Waals surface area contributed by atoms with E-state index in [0.717, 1.165) is 15.6 Å². The summed E-state index contributed by atoms with van der Waals surface area (Å²) < 4.78 is 6.00. The Hall–Kier alpha value is -2.64. The number of ether oxygens (including phenoxy) is 1. The van der Waals surface area contributed by atoms with Crippen molar-refractivity contribution in [1.82, 2.24) is 0 Å². The van der Waals surface area contributed by atoms with E-state index in [9.17, 15) is 14.9 Å². The zero-order valence-corrected chi connectivity index (χ0v) is 14.9. The number of fused-ring (bicyclic) bond motifs is 1. The molecule has 1 amide bonds. The van der Waals surface area contributed by atoms with Crippen LogP contribution in [0, 0.1) is 17.0 Å². The summed E-state index contributed by atoms with van der Waals surface area (Å²) in [5, 5.41) is 14.7. The third kappa shape index (κ3) is 3.29. The van der Waals surface area contributed by atoms with Crippen molar-refractivity contribution >= 4 is 50.3 Å². The highest BCUT2D eigenvalue weighted by atomic mass is 35.5.